The van der Waals surface area contributed by atoms with Gasteiger partial charge in [-0.1, -0.05) is 0 Å². The monoisotopic (exact) mass is 253 g/mol. The highest BCUT2D eigenvalue weighted by molar-refractivity contribution is 7.14. The fourth-order valence-electron chi connectivity index (χ4n) is 1.00. The molecule has 0 fully saturated rings. The Hall–Kier alpha value is 0.291. The van der Waals surface area contributed by atoms with Crippen LogP contribution in [-0.4, -0.2) is 51.7 Å². The summed E-state index contributed by atoms with van der Waals surface area (Å²) in [6, 6.07) is 0.974. The Morgan fingerprint density at radius 2 is 1.57 bits per heavy atom. The van der Waals surface area contributed by atoms with E-state index in [1.54, 1.807) is 6.55 Å². The molecule has 0 rings (SSSR count). The summed E-state index contributed by atoms with van der Waals surface area (Å²) in [5.74, 6) is 0. The molecule has 1 atom stereocenters. The predicted octanol–water partition coefficient (Wildman–Crippen LogP) is -0.0215. The highest BCUT2D eigenvalue weighted by atomic mass is 29.2. The first-order chi connectivity index (χ1) is 6.45. The summed E-state index contributed by atoms with van der Waals surface area (Å²) in [5.41, 5.74) is 0. The Bertz CT molecular complexity index is 174. The number of hydrogen-bond acceptors (Lipinski definition) is 5. The van der Waals surface area contributed by atoms with Gasteiger partial charge < -0.3 is 22.5 Å². The summed E-state index contributed by atoms with van der Waals surface area (Å²) in [5, 5.41) is 0. The number of hydrogen-bond donors (Lipinski definition) is 1. The summed E-state index contributed by atoms with van der Waals surface area (Å²) >= 11 is 0. The summed E-state index contributed by atoms with van der Waals surface area (Å²) in [6.07, 6.45) is 0. The van der Waals surface area contributed by atoms with Crippen LogP contribution < -0.4 is 0 Å². The second-order valence-electron chi connectivity index (χ2n) is 3.17. The first-order valence-corrected chi connectivity index (χ1v) is 10.7. The van der Waals surface area contributed by atoms with Crippen LogP contribution >= 0.6 is 0 Å². The smallest absolute Gasteiger partial charge is 0.428 e. The molecule has 0 saturated carbocycles. The van der Waals surface area contributed by atoms with Crippen molar-refractivity contribution in [3.05, 3.63) is 0 Å². The lowest BCUT2D eigenvalue weighted by Gasteiger charge is -2.25. The largest absolute Gasteiger partial charge is 0.499 e. The van der Waals surface area contributed by atoms with Crippen molar-refractivity contribution in [2.75, 3.05) is 21.3 Å². The van der Waals surface area contributed by atoms with E-state index in [4.69, 9.17) is 13.3 Å². The topological polar surface area (TPSA) is 65.0 Å². The molecule has 1 radical (unpaired) electrons. The molecule has 0 amide bonds. The van der Waals surface area contributed by atoms with Crippen LogP contribution in [-0.2, 0) is 17.7 Å². The second-order valence-corrected chi connectivity index (χ2v) is 13.4. The molecule has 0 aliphatic rings. The standard InChI is InChI=1S/C6H17O5Si3/c1-9-14(10-2,11-3)6-5-13(4,8)12-7/h8H,5-6H2,1-4H3. The van der Waals surface area contributed by atoms with Gasteiger partial charge in [-0.05, 0) is 12.6 Å². The molecule has 0 aromatic rings. The lowest BCUT2D eigenvalue weighted by Crippen LogP contribution is -2.46. The molecule has 0 aliphatic heterocycles. The van der Waals surface area contributed by atoms with Crippen molar-refractivity contribution in [1.82, 2.24) is 0 Å². The molecule has 5 nitrogen and oxygen atoms in total. The zero-order valence-corrected chi connectivity index (χ0v) is 12.0. The van der Waals surface area contributed by atoms with Crippen molar-refractivity contribution in [3.63, 3.8) is 0 Å². The van der Waals surface area contributed by atoms with Crippen molar-refractivity contribution < 1.29 is 22.5 Å². The van der Waals surface area contributed by atoms with Gasteiger partial charge in [-0.15, -0.1) is 0 Å². The molecule has 1 unspecified atom stereocenters. The fourth-order valence-corrected chi connectivity index (χ4v) is 6.82. The van der Waals surface area contributed by atoms with Gasteiger partial charge in [-0.25, -0.2) is 0 Å². The third kappa shape index (κ3) is 4.21. The van der Waals surface area contributed by atoms with Gasteiger partial charge in [0, 0.05) is 27.4 Å². The Kier molecular flexibility index (Phi) is 6.13. The Morgan fingerprint density at radius 1 is 1.14 bits per heavy atom. The maximum absolute atomic E-state index is 10.7. The molecule has 8 heteroatoms. The van der Waals surface area contributed by atoms with Gasteiger partial charge in [0.25, 0.3) is 0 Å². The van der Waals surface area contributed by atoms with E-state index in [0.717, 1.165) is 0 Å². The van der Waals surface area contributed by atoms with Crippen molar-refractivity contribution in [2.45, 2.75) is 18.6 Å². The van der Waals surface area contributed by atoms with E-state index in [9.17, 15) is 9.26 Å². The minimum absolute atomic E-state index is 0.469. The van der Waals surface area contributed by atoms with E-state index < -0.39 is 25.6 Å². The zero-order chi connectivity index (χ0) is 11.2. The van der Waals surface area contributed by atoms with Gasteiger partial charge >= 0.3 is 17.7 Å². The SMILES string of the molecule is CO[Si](CC[Si](C)(O)[Si]=O)(OC)OC. The number of rotatable bonds is 7. The summed E-state index contributed by atoms with van der Waals surface area (Å²) in [7, 11) is -1.23. The van der Waals surface area contributed by atoms with Gasteiger partial charge in [-0.3, -0.25) is 0 Å². The highest BCUT2D eigenvalue weighted by Crippen LogP contribution is 2.19. The molecule has 0 heterocycles. The van der Waals surface area contributed by atoms with E-state index in [1.165, 1.54) is 21.3 Å². The van der Waals surface area contributed by atoms with Crippen LogP contribution in [0.25, 0.3) is 0 Å². The molecule has 1 N–H and O–H groups in total. The van der Waals surface area contributed by atoms with Gasteiger partial charge in [0.1, 0.15) is 0 Å². The van der Waals surface area contributed by atoms with Crippen LogP contribution in [0.1, 0.15) is 0 Å². The van der Waals surface area contributed by atoms with Crippen molar-refractivity contribution >= 4 is 25.6 Å². The van der Waals surface area contributed by atoms with E-state index in [-0.39, 0.29) is 0 Å². The van der Waals surface area contributed by atoms with Gasteiger partial charge in [-0.2, -0.15) is 0 Å². The Morgan fingerprint density at radius 3 is 1.86 bits per heavy atom. The van der Waals surface area contributed by atoms with Gasteiger partial charge in [0.05, 0.1) is 0 Å². The van der Waals surface area contributed by atoms with Crippen LogP contribution in [0.4, 0.5) is 0 Å². The van der Waals surface area contributed by atoms with Crippen molar-refractivity contribution in [1.29, 1.82) is 0 Å². The first-order valence-electron chi connectivity index (χ1n) is 4.22. The van der Waals surface area contributed by atoms with E-state index in [0.29, 0.717) is 12.1 Å². The lowest BCUT2D eigenvalue weighted by molar-refractivity contribution is 0.125. The second kappa shape index (κ2) is 6.00. The van der Waals surface area contributed by atoms with Crippen LogP contribution in [0, 0.1) is 0 Å². The average molecular weight is 253 g/mol. The lowest BCUT2D eigenvalue weighted by atomic mass is 10.9. The normalized spacial score (nSPS) is 16.4. The molecule has 83 valence electrons. The van der Waals surface area contributed by atoms with Crippen molar-refractivity contribution in [3.8, 4) is 0 Å². The minimum Gasteiger partial charge on any atom is -0.428 e. The van der Waals surface area contributed by atoms with Gasteiger partial charge in [0.15, 0.2) is 0 Å². The van der Waals surface area contributed by atoms with Crippen LogP contribution in [0.2, 0.25) is 18.6 Å². The van der Waals surface area contributed by atoms with Crippen LogP contribution in [0.5, 0.6) is 0 Å². The highest BCUT2D eigenvalue weighted by Gasteiger charge is 2.41. The quantitative estimate of drug-likeness (QED) is 0.646. The van der Waals surface area contributed by atoms with E-state index in [2.05, 4.69) is 0 Å². The molecule has 0 bridgehead atoms. The predicted molar refractivity (Wildman–Crippen MR) is 56.7 cm³/mol. The molecule has 0 aliphatic carbocycles. The van der Waals surface area contributed by atoms with Gasteiger partial charge in [0.2, 0.25) is 7.83 Å². The maximum atomic E-state index is 10.7. The Labute approximate surface area is 88.5 Å². The maximum Gasteiger partial charge on any atom is 0.499 e. The van der Waals surface area contributed by atoms with Crippen LogP contribution in [0.15, 0.2) is 0 Å². The molecule has 0 aromatic heterocycles. The van der Waals surface area contributed by atoms with E-state index >= 15 is 0 Å². The zero-order valence-electron chi connectivity index (χ0n) is 8.99. The summed E-state index contributed by atoms with van der Waals surface area (Å²) in [6.45, 7) is 1.65. The molecule has 14 heavy (non-hydrogen) atoms. The first kappa shape index (κ1) is 14.3. The average Bonchev–Trinajstić information content (AvgIpc) is 2.21. The van der Waals surface area contributed by atoms with Crippen LogP contribution in [0.3, 0.4) is 0 Å². The Balaban J connectivity index is 4.26. The minimum atomic E-state index is -2.60. The van der Waals surface area contributed by atoms with E-state index in [1.807, 2.05) is 0 Å². The molecule has 0 saturated heterocycles. The van der Waals surface area contributed by atoms with Crippen molar-refractivity contribution in [2.24, 2.45) is 0 Å². The summed E-state index contributed by atoms with van der Waals surface area (Å²) in [4.78, 5) is 9.67. The molecule has 0 aromatic carbocycles. The third-order valence-corrected chi connectivity index (χ3v) is 9.03. The molecular formula is C6H17O5Si3. The molecular weight excluding hydrogens is 236 g/mol. The third-order valence-electron chi connectivity index (χ3n) is 2.07. The summed E-state index contributed by atoms with van der Waals surface area (Å²) < 4.78 is 26.2. The molecule has 0 spiro atoms. The fraction of sp³-hybridized carbons (Fsp3) is 1.00.